The minimum absolute atomic E-state index is 0.273. The third-order valence-electron chi connectivity index (χ3n) is 4.51. The molecular weight excluding hydrogens is 244 g/mol. The number of rotatable bonds is 9. The molecule has 0 bridgehead atoms. The van der Waals surface area contributed by atoms with Crippen molar-refractivity contribution >= 4 is 0 Å². The summed E-state index contributed by atoms with van der Waals surface area (Å²) in [5, 5.41) is 9.23. The molecule has 0 aliphatic heterocycles. The van der Waals surface area contributed by atoms with Crippen LogP contribution in [0.15, 0.2) is 12.7 Å². The zero-order chi connectivity index (χ0) is 14.6. The summed E-state index contributed by atoms with van der Waals surface area (Å²) in [5.74, 6) is 0.273. The summed E-state index contributed by atoms with van der Waals surface area (Å²) in [4.78, 5) is 2.58. The first kappa shape index (κ1) is 17.2. The van der Waals surface area contributed by atoms with Gasteiger partial charge < -0.3 is 0 Å². The fourth-order valence-electron chi connectivity index (χ4n) is 3.29. The zero-order valence-corrected chi connectivity index (χ0v) is 13.3. The molecule has 20 heavy (non-hydrogen) atoms. The minimum Gasteiger partial charge on any atom is -0.297 e. The van der Waals surface area contributed by atoms with Gasteiger partial charge in [0.05, 0.1) is 6.07 Å². The van der Waals surface area contributed by atoms with Crippen molar-refractivity contribution in [1.82, 2.24) is 4.90 Å². The van der Waals surface area contributed by atoms with Crippen molar-refractivity contribution in [3.63, 3.8) is 0 Å². The second-order valence-electron chi connectivity index (χ2n) is 6.20. The molecule has 0 radical (unpaired) electrons. The SMILES string of the molecule is C=CCN(CCCCCCC)C1CCCCC(C#N)C1. The van der Waals surface area contributed by atoms with E-state index in [4.69, 9.17) is 0 Å². The Morgan fingerprint density at radius 1 is 1.20 bits per heavy atom. The van der Waals surface area contributed by atoms with Crippen LogP contribution in [-0.2, 0) is 0 Å². The molecule has 0 spiro atoms. The minimum atomic E-state index is 0.273. The van der Waals surface area contributed by atoms with E-state index in [1.54, 1.807) is 0 Å². The highest BCUT2D eigenvalue weighted by Crippen LogP contribution is 2.26. The molecule has 0 amide bonds. The van der Waals surface area contributed by atoms with Crippen molar-refractivity contribution in [2.24, 2.45) is 5.92 Å². The van der Waals surface area contributed by atoms with E-state index in [9.17, 15) is 5.26 Å². The van der Waals surface area contributed by atoms with Crippen molar-refractivity contribution in [1.29, 1.82) is 5.26 Å². The predicted octanol–water partition coefficient (Wildman–Crippen LogP) is 4.92. The molecule has 2 atom stereocenters. The Labute approximate surface area is 125 Å². The van der Waals surface area contributed by atoms with E-state index >= 15 is 0 Å². The van der Waals surface area contributed by atoms with Gasteiger partial charge in [0.15, 0.2) is 0 Å². The summed E-state index contributed by atoms with van der Waals surface area (Å²) in [6.45, 7) is 8.33. The molecule has 2 nitrogen and oxygen atoms in total. The number of nitriles is 1. The smallest absolute Gasteiger partial charge is 0.0656 e. The Bertz CT molecular complexity index is 292. The lowest BCUT2D eigenvalue weighted by atomic mass is 9.98. The Kier molecular flexibility index (Phi) is 9.41. The summed E-state index contributed by atoms with van der Waals surface area (Å²) in [7, 11) is 0. The van der Waals surface area contributed by atoms with E-state index in [0.717, 1.165) is 19.4 Å². The maximum Gasteiger partial charge on any atom is 0.0656 e. The molecule has 0 N–H and O–H groups in total. The summed E-state index contributed by atoms with van der Waals surface area (Å²) in [6.07, 6.45) is 14.6. The Balaban J connectivity index is 2.42. The summed E-state index contributed by atoms with van der Waals surface area (Å²) in [6, 6.07) is 3.11. The van der Waals surface area contributed by atoms with Gasteiger partial charge in [-0.15, -0.1) is 6.58 Å². The van der Waals surface area contributed by atoms with Gasteiger partial charge >= 0.3 is 0 Å². The van der Waals surface area contributed by atoms with Crippen molar-refractivity contribution in [3.05, 3.63) is 12.7 Å². The lowest BCUT2D eigenvalue weighted by Crippen LogP contribution is -2.37. The van der Waals surface area contributed by atoms with Gasteiger partial charge in [0.1, 0.15) is 0 Å². The van der Waals surface area contributed by atoms with Gasteiger partial charge in [0.25, 0.3) is 0 Å². The van der Waals surface area contributed by atoms with E-state index < -0.39 is 0 Å². The maximum atomic E-state index is 9.23. The first-order valence-corrected chi connectivity index (χ1v) is 8.56. The molecule has 1 aliphatic rings. The molecule has 0 saturated heterocycles. The van der Waals surface area contributed by atoms with Crippen LogP contribution in [0.4, 0.5) is 0 Å². The Hall–Kier alpha value is -0.810. The first-order chi connectivity index (χ1) is 9.81. The number of hydrogen-bond acceptors (Lipinski definition) is 2. The third kappa shape index (κ3) is 6.57. The Morgan fingerprint density at radius 3 is 2.65 bits per heavy atom. The van der Waals surface area contributed by atoms with Crippen LogP contribution in [0.2, 0.25) is 0 Å². The number of nitrogens with zero attached hydrogens (tertiary/aromatic N) is 2. The highest BCUT2D eigenvalue weighted by Gasteiger charge is 2.24. The van der Waals surface area contributed by atoms with Crippen LogP contribution >= 0.6 is 0 Å². The second kappa shape index (κ2) is 10.9. The molecule has 1 aliphatic carbocycles. The van der Waals surface area contributed by atoms with Crippen LogP contribution in [0.5, 0.6) is 0 Å². The molecule has 0 aromatic heterocycles. The molecule has 0 aromatic carbocycles. The fourth-order valence-corrected chi connectivity index (χ4v) is 3.29. The van der Waals surface area contributed by atoms with Gasteiger partial charge in [-0.1, -0.05) is 51.5 Å². The van der Waals surface area contributed by atoms with E-state index in [0.29, 0.717) is 6.04 Å². The van der Waals surface area contributed by atoms with E-state index in [1.165, 1.54) is 57.9 Å². The molecular formula is C18H32N2. The zero-order valence-electron chi connectivity index (χ0n) is 13.3. The van der Waals surface area contributed by atoms with Crippen LogP contribution in [0.3, 0.4) is 0 Å². The normalized spacial score (nSPS) is 23.2. The molecule has 2 heteroatoms. The standard InChI is InChI=1S/C18H32N2/c1-3-5-6-7-10-14-20(13-4-2)18-12-9-8-11-17(15-18)16-19/h4,17-18H,2-3,5-15H2,1H3. The highest BCUT2D eigenvalue weighted by molar-refractivity contribution is 4.90. The molecule has 1 fully saturated rings. The summed E-state index contributed by atoms with van der Waals surface area (Å²) in [5.41, 5.74) is 0. The molecule has 1 rings (SSSR count). The fraction of sp³-hybridized carbons (Fsp3) is 0.833. The highest BCUT2D eigenvalue weighted by atomic mass is 15.1. The van der Waals surface area contributed by atoms with Gasteiger partial charge in [0.2, 0.25) is 0 Å². The van der Waals surface area contributed by atoms with E-state index in [1.807, 2.05) is 6.08 Å². The molecule has 114 valence electrons. The predicted molar refractivity (Wildman–Crippen MR) is 86.5 cm³/mol. The van der Waals surface area contributed by atoms with Crippen molar-refractivity contribution < 1.29 is 0 Å². The molecule has 2 unspecified atom stereocenters. The lowest BCUT2D eigenvalue weighted by Gasteiger charge is -2.31. The average Bonchev–Trinajstić information content (AvgIpc) is 2.71. The van der Waals surface area contributed by atoms with E-state index in [2.05, 4.69) is 24.5 Å². The first-order valence-electron chi connectivity index (χ1n) is 8.56. The van der Waals surface area contributed by atoms with Gasteiger partial charge in [-0.2, -0.15) is 5.26 Å². The van der Waals surface area contributed by atoms with Gasteiger partial charge in [-0.25, -0.2) is 0 Å². The van der Waals surface area contributed by atoms with Crippen molar-refractivity contribution in [2.45, 2.75) is 77.2 Å². The third-order valence-corrected chi connectivity index (χ3v) is 4.51. The summed E-state index contributed by atoms with van der Waals surface area (Å²) >= 11 is 0. The number of unbranched alkanes of at least 4 members (excludes halogenated alkanes) is 4. The quantitative estimate of drug-likeness (QED) is 0.339. The second-order valence-corrected chi connectivity index (χ2v) is 6.20. The largest absolute Gasteiger partial charge is 0.297 e. The topological polar surface area (TPSA) is 27.0 Å². The lowest BCUT2D eigenvalue weighted by molar-refractivity contribution is 0.187. The van der Waals surface area contributed by atoms with Crippen LogP contribution < -0.4 is 0 Å². The molecule has 0 heterocycles. The van der Waals surface area contributed by atoms with Crippen molar-refractivity contribution in [3.8, 4) is 6.07 Å². The summed E-state index contributed by atoms with van der Waals surface area (Å²) < 4.78 is 0. The van der Waals surface area contributed by atoms with Crippen LogP contribution in [-0.4, -0.2) is 24.0 Å². The van der Waals surface area contributed by atoms with Gasteiger partial charge in [-0.3, -0.25) is 4.90 Å². The van der Waals surface area contributed by atoms with Crippen LogP contribution in [0, 0.1) is 17.2 Å². The Morgan fingerprint density at radius 2 is 1.95 bits per heavy atom. The van der Waals surface area contributed by atoms with Gasteiger partial charge in [0, 0.05) is 18.5 Å². The number of hydrogen-bond donors (Lipinski definition) is 0. The monoisotopic (exact) mass is 276 g/mol. The van der Waals surface area contributed by atoms with Crippen LogP contribution in [0.1, 0.15) is 71.1 Å². The van der Waals surface area contributed by atoms with Gasteiger partial charge in [-0.05, 0) is 32.2 Å². The van der Waals surface area contributed by atoms with E-state index in [-0.39, 0.29) is 5.92 Å². The van der Waals surface area contributed by atoms with Crippen molar-refractivity contribution in [2.75, 3.05) is 13.1 Å². The molecule has 0 aromatic rings. The van der Waals surface area contributed by atoms with Crippen LogP contribution in [0.25, 0.3) is 0 Å². The average molecular weight is 276 g/mol. The maximum absolute atomic E-state index is 9.23. The molecule has 1 saturated carbocycles.